The highest BCUT2D eigenvalue weighted by atomic mass is 19.1. The zero-order valence-corrected chi connectivity index (χ0v) is 13.1. The summed E-state index contributed by atoms with van der Waals surface area (Å²) < 4.78 is 19.1. The summed E-state index contributed by atoms with van der Waals surface area (Å²) in [5.74, 6) is -0.465. The van der Waals surface area contributed by atoms with Crippen molar-refractivity contribution < 1.29 is 18.7 Å². The van der Waals surface area contributed by atoms with Crippen molar-refractivity contribution in [3.63, 3.8) is 0 Å². The van der Waals surface area contributed by atoms with Crippen LogP contribution in [0.3, 0.4) is 0 Å². The number of fused-ring (bicyclic) bond motifs is 4. The molecule has 1 unspecified atom stereocenters. The van der Waals surface area contributed by atoms with Gasteiger partial charge in [-0.15, -0.1) is 0 Å². The van der Waals surface area contributed by atoms with E-state index in [-0.39, 0.29) is 41.7 Å². The Bertz CT molecular complexity index is 688. The van der Waals surface area contributed by atoms with E-state index in [2.05, 4.69) is 20.9 Å². The van der Waals surface area contributed by atoms with Gasteiger partial charge in [0.1, 0.15) is 0 Å². The summed E-state index contributed by atoms with van der Waals surface area (Å²) in [6.07, 6.45) is 2.20. The molecule has 3 fully saturated rings. The molecule has 2 bridgehead atoms. The number of hydrogen-bond donors (Lipinski definition) is 3. The SMILES string of the molecule is O=C1COc2c(F)cc(NC(=O)NC3CN4CCC3CC4)cc2N1. The first-order chi connectivity index (χ1) is 11.6. The second kappa shape index (κ2) is 5.94. The normalized spacial score (nSPS) is 27.7. The number of rotatable bonds is 2. The minimum Gasteiger partial charge on any atom is -0.478 e. The molecule has 3 amide bonds. The topological polar surface area (TPSA) is 82.7 Å². The number of urea groups is 1. The number of ether oxygens (including phenoxy) is 1. The fourth-order valence-electron chi connectivity index (χ4n) is 3.69. The van der Waals surface area contributed by atoms with E-state index in [1.807, 2.05) is 0 Å². The lowest BCUT2D eigenvalue weighted by atomic mass is 9.84. The molecule has 4 aliphatic heterocycles. The first kappa shape index (κ1) is 15.2. The highest BCUT2D eigenvalue weighted by Gasteiger charge is 2.34. The summed E-state index contributed by atoms with van der Waals surface area (Å²) in [5.41, 5.74) is 0.500. The zero-order valence-electron chi connectivity index (χ0n) is 13.1. The number of nitrogens with one attached hydrogen (secondary N) is 3. The Morgan fingerprint density at radius 1 is 1.33 bits per heavy atom. The highest BCUT2D eigenvalue weighted by molar-refractivity contribution is 5.97. The van der Waals surface area contributed by atoms with E-state index in [1.165, 1.54) is 12.1 Å². The van der Waals surface area contributed by atoms with Crippen LogP contribution < -0.4 is 20.7 Å². The van der Waals surface area contributed by atoms with Crippen molar-refractivity contribution in [2.24, 2.45) is 5.92 Å². The Hall–Kier alpha value is -2.35. The van der Waals surface area contributed by atoms with Crippen LogP contribution in [0.5, 0.6) is 5.75 Å². The Kier molecular flexibility index (Phi) is 3.76. The van der Waals surface area contributed by atoms with Crippen LogP contribution in [0.4, 0.5) is 20.6 Å². The molecular weight excluding hydrogens is 315 g/mol. The largest absolute Gasteiger partial charge is 0.478 e. The summed E-state index contributed by atoms with van der Waals surface area (Å²) in [6.45, 7) is 2.84. The van der Waals surface area contributed by atoms with Crippen molar-refractivity contribution in [3.8, 4) is 5.75 Å². The third-order valence-corrected chi connectivity index (χ3v) is 4.90. The fraction of sp³-hybridized carbons (Fsp3) is 0.500. The van der Waals surface area contributed by atoms with Gasteiger partial charge in [0, 0.05) is 24.3 Å². The third kappa shape index (κ3) is 2.89. The molecule has 24 heavy (non-hydrogen) atoms. The van der Waals surface area contributed by atoms with Gasteiger partial charge < -0.3 is 25.6 Å². The first-order valence-electron chi connectivity index (χ1n) is 8.14. The van der Waals surface area contributed by atoms with Gasteiger partial charge in [-0.2, -0.15) is 0 Å². The molecule has 1 aromatic carbocycles. The number of carbonyl (C=O) groups is 2. The van der Waals surface area contributed by atoms with E-state index >= 15 is 0 Å². The van der Waals surface area contributed by atoms with Crippen molar-refractivity contribution in [2.45, 2.75) is 18.9 Å². The van der Waals surface area contributed by atoms with Crippen LogP contribution in [0, 0.1) is 11.7 Å². The average molecular weight is 334 g/mol. The van der Waals surface area contributed by atoms with Crippen molar-refractivity contribution in [2.75, 3.05) is 36.9 Å². The average Bonchev–Trinajstić information content (AvgIpc) is 2.55. The maximum atomic E-state index is 14.0. The van der Waals surface area contributed by atoms with Gasteiger partial charge in [-0.3, -0.25) is 4.79 Å². The van der Waals surface area contributed by atoms with Crippen LogP contribution in [0.1, 0.15) is 12.8 Å². The van der Waals surface area contributed by atoms with Gasteiger partial charge in [0.05, 0.1) is 5.69 Å². The summed E-state index contributed by atoms with van der Waals surface area (Å²) >= 11 is 0. The Labute approximate surface area is 138 Å². The van der Waals surface area contributed by atoms with Gasteiger partial charge >= 0.3 is 6.03 Å². The number of carbonyl (C=O) groups excluding carboxylic acids is 2. The predicted octanol–water partition coefficient (Wildman–Crippen LogP) is 1.37. The number of benzene rings is 1. The van der Waals surface area contributed by atoms with Gasteiger partial charge in [0.2, 0.25) is 0 Å². The molecule has 5 rings (SSSR count). The second-order valence-corrected chi connectivity index (χ2v) is 6.51. The first-order valence-corrected chi connectivity index (χ1v) is 8.14. The quantitative estimate of drug-likeness (QED) is 0.763. The van der Waals surface area contributed by atoms with Gasteiger partial charge in [0.25, 0.3) is 5.91 Å². The number of amides is 3. The molecular formula is C16H19FN4O3. The number of hydrogen-bond acceptors (Lipinski definition) is 4. The minimum absolute atomic E-state index is 0.00190. The standard InChI is InChI=1S/C16H19FN4O3/c17-11-5-10(6-12-15(11)24-8-14(22)19-12)18-16(23)20-13-7-21-3-1-9(13)2-4-21/h5-6,9,13H,1-4,7-8H2,(H,19,22)(H2,18,20,23). The van der Waals surface area contributed by atoms with Gasteiger partial charge in [-0.25, -0.2) is 9.18 Å². The minimum atomic E-state index is -0.620. The molecule has 0 aliphatic carbocycles. The number of halogens is 1. The Morgan fingerprint density at radius 2 is 2.12 bits per heavy atom. The predicted molar refractivity (Wildman–Crippen MR) is 85.6 cm³/mol. The lowest BCUT2D eigenvalue weighted by Gasteiger charge is -2.44. The molecule has 0 radical (unpaired) electrons. The van der Waals surface area contributed by atoms with Crippen molar-refractivity contribution in [1.29, 1.82) is 0 Å². The molecule has 3 saturated heterocycles. The molecule has 0 spiro atoms. The molecule has 8 heteroatoms. The summed E-state index contributed by atoms with van der Waals surface area (Å²) in [4.78, 5) is 25.9. The van der Waals surface area contributed by atoms with Crippen molar-refractivity contribution >= 4 is 23.3 Å². The lowest BCUT2D eigenvalue weighted by Crippen LogP contribution is -2.57. The number of nitrogens with zero attached hydrogens (tertiary/aromatic N) is 1. The number of piperidine rings is 3. The molecule has 1 atom stereocenters. The van der Waals surface area contributed by atoms with E-state index in [1.54, 1.807) is 0 Å². The van der Waals surface area contributed by atoms with Crippen LogP contribution in [0.15, 0.2) is 12.1 Å². The van der Waals surface area contributed by atoms with Gasteiger partial charge in [-0.05, 0) is 37.9 Å². The molecule has 7 nitrogen and oxygen atoms in total. The van der Waals surface area contributed by atoms with E-state index in [4.69, 9.17) is 4.74 Å². The van der Waals surface area contributed by atoms with Crippen LogP contribution in [-0.2, 0) is 4.79 Å². The van der Waals surface area contributed by atoms with Crippen LogP contribution in [0.25, 0.3) is 0 Å². The third-order valence-electron chi connectivity index (χ3n) is 4.90. The molecule has 4 aliphatic rings. The van der Waals surface area contributed by atoms with Crippen LogP contribution in [-0.4, -0.2) is 49.1 Å². The number of anilines is 2. The molecule has 3 N–H and O–H groups in total. The van der Waals surface area contributed by atoms with Crippen molar-refractivity contribution in [3.05, 3.63) is 17.9 Å². The Balaban J connectivity index is 1.43. The monoisotopic (exact) mass is 334 g/mol. The molecule has 0 aromatic heterocycles. The van der Waals surface area contributed by atoms with Gasteiger partial charge in [-0.1, -0.05) is 0 Å². The molecule has 1 aromatic rings. The fourth-order valence-corrected chi connectivity index (χ4v) is 3.69. The lowest BCUT2D eigenvalue weighted by molar-refractivity contribution is -0.118. The maximum absolute atomic E-state index is 14.0. The van der Waals surface area contributed by atoms with Gasteiger partial charge in [0.15, 0.2) is 18.2 Å². The zero-order chi connectivity index (χ0) is 16.7. The highest BCUT2D eigenvalue weighted by Crippen LogP contribution is 2.34. The summed E-state index contributed by atoms with van der Waals surface area (Å²) in [7, 11) is 0. The molecule has 4 heterocycles. The van der Waals surface area contributed by atoms with E-state index in [0.29, 0.717) is 5.92 Å². The summed E-state index contributed by atoms with van der Waals surface area (Å²) in [6, 6.07) is 2.44. The molecule has 128 valence electrons. The van der Waals surface area contributed by atoms with E-state index in [9.17, 15) is 14.0 Å². The summed E-state index contributed by atoms with van der Waals surface area (Å²) in [5, 5.41) is 8.15. The van der Waals surface area contributed by atoms with Crippen molar-refractivity contribution in [1.82, 2.24) is 10.2 Å². The maximum Gasteiger partial charge on any atom is 0.319 e. The second-order valence-electron chi connectivity index (χ2n) is 6.51. The van der Waals surface area contributed by atoms with Crippen LogP contribution in [0.2, 0.25) is 0 Å². The van der Waals surface area contributed by atoms with E-state index in [0.717, 1.165) is 32.5 Å². The smallest absolute Gasteiger partial charge is 0.319 e. The van der Waals surface area contributed by atoms with Crippen LogP contribution >= 0.6 is 0 Å². The molecule has 0 saturated carbocycles. The Morgan fingerprint density at radius 3 is 2.83 bits per heavy atom. The van der Waals surface area contributed by atoms with E-state index < -0.39 is 5.82 Å².